The fourth-order valence-electron chi connectivity index (χ4n) is 3.92. The fourth-order valence-corrected chi connectivity index (χ4v) is 3.92. The lowest BCUT2D eigenvalue weighted by molar-refractivity contribution is 0.0938. The van der Waals surface area contributed by atoms with Gasteiger partial charge in [0.1, 0.15) is 11.3 Å². The number of methoxy groups -OCH3 is 1. The number of rotatable bonds is 8. The molecule has 1 fully saturated rings. The van der Waals surface area contributed by atoms with E-state index < -0.39 is 0 Å². The number of ether oxygens (including phenoxy) is 1. The Bertz CT molecular complexity index is 1090. The summed E-state index contributed by atoms with van der Waals surface area (Å²) in [7, 11) is 1.61. The van der Waals surface area contributed by atoms with Gasteiger partial charge in [0.15, 0.2) is 0 Å². The number of hydrogen-bond acceptors (Lipinski definition) is 5. The smallest absolute Gasteiger partial charge is 0.315 e. The predicted molar refractivity (Wildman–Crippen MR) is 120 cm³/mol. The average molecular weight is 437 g/mol. The first-order valence-electron chi connectivity index (χ1n) is 10.9. The van der Waals surface area contributed by atoms with E-state index >= 15 is 0 Å². The van der Waals surface area contributed by atoms with Gasteiger partial charge in [0.2, 0.25) is 0 Å². The van der Waals surface area contributed by atoms with Crippen molar-refractivity contribution in [1.82, 2.24) is 30.9 Å². The molecule has 0 saturated heterocycles. The molecule has 0 atom stereocenters. The van der Waals surface area contributed by atoms with E-state index in [2.05, 4.69) is 26.3 Å². The van der Waals surface area contributed by atoms with Crippen molar-refractivity contribution in [2.24, 2.45) is 0 Å². The van der Waals surface area contributed by atoms with E-state index in [1.54, 1.807) is 23.9 Å². The van der Waals surface area contributed by atoms with Crippen LogP contribution in [-0.4, -0.2) is 46.6 Å². The number of nitrogens with one attached hydrogen (secondary N) is 3. The second-order valence-electron chi connectivity index (χ2n) is 7.93. The van der Waals surface area contributed by atoms with Crippen molar-refractivity contribution in [3.05, 3.63) is 53.6 Å². The van der Waals surface area contributed by atoms with Crippen molar-refractivity contribution >= 4 is 23.0 Å². The van der Waals surface area contributed by atoms with Crippen LogP contribution in [0.1, 0.15) is 41.6 Å². The molecule has 0 spiro atoms. The highest BCUT2D eigenvalue weighted by Gasteiger charge is 2.18. The molecule has 3 N–H and O–H groups in total. The highest BCUT2D eigenvalue weighted by Crippen LogP contribution is 2.19. The summed E-state index contributed by atoms with van der Waals surface area (Å²) in [6, 6.07) is 13.0. The van der Waals surface area contributed by atoms with Gasteiger partial charge in [-0.1, -0.05) is 30.2 Å². The number of amides is 3. The van der Waals surface area contributed by atoms with Gasteiger partial charge in [-0.2, -0.15) is 0 Å². The van der Waals surface area contributed by atoms with Crippen LogP contribution in [0.15, 0.2) is 42.5 Å². The molecule has 1 saturated carbocycles. The largest absolute Gasteiger partial charge is 0.497 e. The SMILES string of the molecule is COc1cccc(CNC(=O)NCCn2nnc3cc(C(=O)NC4CCCC4)ccc32)c1. The van der Waals surface area contributed by atoms with Crippen molar-refractivity contribution in [1.29, 1.82) is 0 Å². The van der Waals surface area contributed by atoms with E-state index in [-0.39, 0.29) is 18.0 Å². The predicted octanol–water partition coefficient (Wildman–Crippen LogP) is 2.61. The van der Waals surface area contributed by atoms with E-state index in [4.69, 9.17) is 4.74 Å². The third-order valence-electron chi connectivity index (χ3n) is 5.66. The number of aromatic nitrogens is 3. The molecule has 0 unspecified atom stereocenters. The summed E-state index contributed by atoms with van der Waals surface area (Å²) >= 11 is 0. The van der Waals surface area contributed by atoms with Crippen LogP contribution in [0.4, 0.5) is 4.79 Å². The molecule has 4 rings (SSSR count). The van der Waals surface area contributed by atoms with Crippen LogP contribution in [0.3, 0.4) is 0 Å². The van der Waals surface area contributed by atoms with Gasteiger partial charge < -0.3 is 20.7 Å². The monoisotopic (exact) mass is 436 g/mol. The van der Waals surface area contributed by atoms with Gasteiger partial charge in [0, 0.05) is 24.7 Å². The normalized spacial score (nSPS) is 13.8. The molecule has 3 aromatic rings. The summed E-state index contributed by atoms with van der Waals surface area (Å²) in [6.07, 6.45) is 4.44. The molecule has 168 valence electrons. The summed E-state index contributed by atoms with van der Waals surface area (Å²) in [5.41, 5.74) is 3.02. The number of urea groups is 1. The van der Waals surface area contributed by atoms with Gasteiger partial charge in [-0.15, -0.1) is 5.10 Å². The highest BCUT2D eigenvalue weighted by molar-refractivity contribution is 5.97. The molecule has 2 aromatic carbocycles. The van der Waals surface area contributed by atoms with Crippen LogP contribution in [0, 0.1) is 0 Å². The van der Waals surface area contributed by atoms with Crippen LogP contribution in [0.25, 0.3) is 11.0 Å². The Morgan fingerprint density at radius 2 is 1.97 bits per heavy atom. The maximum atomic E-state index is 12.5. The Balaban J connectivity index is 1.26. The van der Waals surface area contributed by atoms with Gasteiger partial charge in [0.25, 0.3) is 5.91 Å². The maximum Gasteiger partial charge on any atom is 0.315 e. The molecule has 0 radical (unpaired) electrons. The number of nitrogens with zero attached hydrogens (tertiary/aromatic N) is 3. The molecule has 0 aliphatic heterocycles. The first kappa shape index (κ1) is 21.6. The molecular formula is C23H28N6O3. The van der Waals surface area contributed by atoms with Crippen LogP contribution in [-0.2, 0) is 13.1 Å². The summed E-state index contributed by atoms with van der Waals surface area (Å²) in [6.45, 7) is 1.27. The maximum absolute atomic E-state index is 12.5. The molecule has 1 heterocycles. The minimum Gasteiger partial charge on any atom is -0.497 e. The van der Waals surface area contributed by atoms with Crippen LogP contribution in [0.5, 0.6) is 5.75 Å². The third-order valence-corrected chi connectivity index (χ3v) is 5.66. The molecule has 1 aliphatic carbocycles. The van der Waals surface area contributed by atoms with Crippen molar-refractivity contribution in [3.8, 4) is 5.75 Å². The molecule has 0 bridgehead atoms. The molecular weight excluding hydrogens is 408 g/mol. The Kier molecular flexibility index (Phi) is 6.84. The van der Waals surface area contributed by atoms with Crippen LogP contribution in [0.2, 0.25) is 0 Å². The number of hydrogen-bond donors (Lipinski definition) is 3. The van der Waals surface area contributed by atoms with Crippen molar-refractivity contribution in [3.63, 3.8) is 0 Å². The van der Waals surface area contributed by atoms with Gasteiger partial charge in [0.05, 0.1) is 19.2 Å². The second kappa shape index (κ2) is 10.1. The average Bonchev–Trinajstić information content (AvgIpc) is 3.47. The lowest BCUT2D eigenvalue weighted by atomic mass is 10.1. The van der Waals surface area contributed by atoms with Crippen LogP contribution >= 0.6 is 0 Å². The zero-order valence-corrected chi connectivity index (χ0v) is 18.1. The first-order valence-corrected chi connectivity index (χ1v) is 10.9. The summed E-state index contributed by atoms with van der Waals surface area (Å²) in [4.78, 5) is 24.6. The zero-order valence-electron chi connectivity index (χ0n) is 18.1. The zero-order chi connectivity index (χ0) is 22.3. The van der Waals surface area contributed by atoms with E-state index in [9.17, 15) is 9.59 Å². The first-order chi connectivity index (χ1) is 15.6. The lowest BCUT2D eigenvalue weighted by Gasteiger charge is -2.11. The topological polar surface area (TPSA) is 110 Å². The molecule has 9 nitrogen and oxygen atoms in total. The van der Waals surface area contributed by atoms with Gasteiger partial charge >= 0.3 is 6.03 Å². The number of carbonyl (C=O) groups is 2. The Hall–Kier alpha value is -3.62. The minimum absolute atomic E-state index is 0.0669. The van der Waals surface area contributed by atoms with E-state index in [0.717, 1.165) is 29.7 Å². The number of benzene rings is 2. The quantitative estimate of drug-likeness (QED) is 0.503. The fraction of sp³-hybridized carbons (Fsp3) is 0.391. The number of carbonyl (C=O) groups excluding carboxylic acids is 2. The molecule has 3 amide bonds. The Labute approximate surface area is 186 Å². The standard InChI is InChI=1S/C23H28N6O3/c1-32-19-8-4-5-16(13-19)15-25-23(31)24-11-12-29-21-10-9-17(14-20(21)27-28-29)22(30)26-18-6-2-3-7-18/h4-5,8-10,13-14,18H,2-3,6-7,11-12,15H2,1H3,(H,26,30)(H2,24,25,31). The highest BCUT2D eigenvalue weighted by atomic mass is 16.5. The minimum atomic E-state index is -0.261. The van der Waals surface area contributed by atoms with E-state index in [1.807, 2.05) is 30.3 Å². The summed E-state index contributed by atoms with van der Waals surface area (Å²) in [5.74, 6) is 0.685. The molecule has 9 heteroatoms. The molecule has 1 aromatic heterocycles. The van der Waals surface area contributed by atoms with Gasteiger partial charge in [-0.3, -0.25) is 4.79 Å². The van der Waals surface area contributed by atoms with Crippen molar-refractivity contribution in [2.45, 2.75) is 44.8 Å². The Morgan fingerprint density at radius 1 is 1.12 bits per heavy atom. The Morgan fingerprint density at radius 3 is 2.78 bits per heavy atom. The second-order valence-corrected chi connectivity index (χ2v) is 7.93. The van der Waals surface area contributed by atoms with Gasteiger partial charge in [-0.05, 0) is 48.7 Å². The summed E-state index contributed by atoms with van der Waals surface area (Å²) in [5, 5.41) is 17.1. The molecule has 1 aliphatic rings. The van der Waals surface area contributed by atoms with E-state index in [1.165, 1.54) is 12.8 Å². The third kappa shape index (κ3) is 5.35. The lowest BCUT2D eigenvalue weighted by Crippen LogP contribution is -2.36. The summed E-state index contributed by atoms with van der Waals surface area (Å²) < 4.78 is 6.91. The van der Waals surface area contributed by atoms with Crippen molar-refractivity contribution in [2.75, 3.05) is 13.7 Å². The molecule has 32 heavy (non-hydrogen) atoms. The van der Waals surface area contributed by atoms with E-state index in [0.29, 0.717) is 30.7 Å². The van der Waals surface area contributed by atoms with Gasteiger partial charge in [-0.25, -0.2) is 9.48 Å². The number of fused-ring (bicyclic) bond motifs is 1. The van der Waals surface area contributed by atoms with Crippen LogP contribution < -0.4 is 20.7 Å². The van der Waals surface area contributed by atoms with Crippen molar-refractivity contribution < 1.29 is 14.3 Å².